The summed E-state index contributed by atoms with van der Waals surface area (Å²) in [6.07, 6.45) is 1.35. The van der Waals surface area contributed by atoms with Crippen molar-refractivity contribution in [1.29, 1.82) is 0 Å². The molecule has 2 aromatic rings. The van der Waals surface area contributed by atoms with Gasteiger partial charge in [0.1, 0.15) is 10.6 Å². The van der Waals surface area contributed by atoms with Gasteiger partial charge in [0.2, 0.25) is 0 Å². The molecule has 1 aliphatic rings. The smallest absolute Gasteiger partial charge is 0.252 e. The van der Waals surface area contributed by atoms with E-state index >= 15 is 0 Å². The second kappa shape index (κ2) is 8.05. The number of ether oxygens (including phenoxy) is 1. The highest BCUT2D eigenvalue weighted by Crippen LogP contribution is 2.32. The van der Waals surface area contributed by atoms with Gasteiger partial charge in [-0.25, -0.2) is 4.98 Å². The lowest BCUT2D eigenvalue weighted by molar-refractivity contribution is -0.147. The maximum absolute atomic E-state index is 12.8. The van der Waals surface area contributed by atoms with E-state index in [2.05, 4.69) is 10.6 Å². The molecule has 7 heteroatoms. The van der Waals surface area contributed by atoms with Crippen LogP contribution >= 0.6 is 22.9 Å². The Morgan fingerprint density at radius 3 is 2.62 bits per heavy atom. The number of piperidine rings is 1. The minimum Gasteiger partial charge on any atom is -0.368 e. The Labute approximate surface area is 163 Å². The predicted molar refractivity (Wildman–Crippen MR) is 106 cm³/mol. The number of aromatic nitrogens is 1. The van der Waals surface area contributed by atoms with E-state index in [4.69, 9.17) is 21.3 Å². The van der Waals surface area contributed by atoms with Gasteiger partial charge in [0, 0.05) is 22.6 Å². The Morgan fingerprint density at radius 2 is 2.00 bits per heavy atom. The highest BCUT2D eigenvalue weighted by molar-refractivity contribution is 7.12. The SMILES string of the molecule is COC1(C(=O)NC(C)c2nc(-c3ccc(Cl)cc3)c(C)s2)CCNCC1. The largest absolute Gasteiger partial charge is 0.368 e. The van der Waals surface area contributed by atoms with E-state index in [1.165, 1.54) is 0 Å². The van der Waals surface area contributed by atoms with Crippen molar-refractivity contribution in [1.82, 2.24) is 15.6 Å². The Morgan fingerprint density at radius 1 is 1.35 bits per heavy atom. The second-order valence-corrected chi connectivity index (χ2v) is 8.28. The summed E-state index contributed by atoms with van der Waals surface area (Å²) in [5.74, 6) is -0.0603. The van der Waals surface area contributed by atoms with Crippen LogP contribution < -0.4 is 10.6 Å². The van der Waals surface area contributed by atoms with Crippen molar-refractivity contribution < 1.29 is 9.53 Å². The van der Waals surface area contributed by atoms with Crippen LogP contribution in [0.5, 0.6) is 0 Å². The number of nitrogens with one attached hydrogen (secondary N) is 2. The molecule has 1 fully saturated rings. The number of carbonyl (C=O) groups is 1. The predicted octanol–water partition coefficient (Wildman–Crippen LogP) is 3.72. The zero-order valence-corrected chi connectivity index (χ0v) is 16.8. The van der Waals surface area contributed by atoms with E-state index in [0.29, 0.717) is 17.9 Å². The molecular weight excluding hydrogens is 370 g/mol. The molecule has 1 saturated heterocycles. The standard InChI is InChI=1S/C19H24ClN3O2S/c1-12(22-18(24)19(25-3)8-10-21-11-9-19)17-23-16(13(2)26-17)14-4-6-15(20)7-5-14/h4-7,12,21H,8-11H2,1-3H3,(H,22,24). The lowest BCUT2D eigenvalue weighted by atomic mass is 9.91. The summed E-state index contributed by atoms with van der Waals surface area (Å²) in [6, 6.07) is 7.48. The highest BCUT2D eigenvalue weighted by Gasteiger charge is 2.40. The van der Waals surface area contributed by atoms with Gasteiger partial charge in [0.15, 0.2) is 0 Å². The molecule has 1 aliphatic heterocycles. The van der Waals surface area contributed by atoms with Gasteiger partial charge >= 0.3 is 0 Å². The number of aryl methyl sites for hydroxylation is 1. The normalized spacial score (nSPS) is 17.7. The van der Waals surface area contributed by atoms with Crippen molar-refractivity contribution in [2.24, 2.45) is 0 Å². The Balaban J connectivity index is 1.76. The van der Waals surface area contributed by atoms with Crippen molar-refractivity contribution in [3.8, 4) is 11.3 Å². The van der Waals surface area contributed by atoms with Gasteiger partial charge < -0.3 is 15.4 Å². The number of hydrogen-bond acceptors (Lipinski definition) is 5. The summed E-state index contributed by atoms with van der Waals surface area (Å²) in [5, 5.41) is 7.95. The van der Waals surface area contributed by atoms with Gasteiger partial charge in [-0.05, 0) is 51.9 Å². The number of amides is 1. The molecule has 3 rings (SSSR count). The zero-order chi connectivity index (χ0) is 18.7. The molecule has 5 nitrogen and oxygen atoms in total. The minimum absolute atomic E-state index is 0.0603. The number of thiazole rings is 1. The molecule has 0 aliphatic carbocycles. The molecule has 26 heavy (non-hydrogen) atoms. The Bertz CT molecular complexity index is 770. The number of methoxy groups -OCH3 is 1. The van der Waals surface area contributed by atoms with Crippen LogP contribution in [0.2, 0.25) is 5.02 Å². The fourth-order valence-corrected chi connectivity index (χ4v) is 4.29. The molecule has 1 atom stereocenters. The molecule has 140 valence electrons. The first-order chi connectivity index (χ1) is 12.4. The van der Waals surface area contributed by atoms with E-state index in [9.17, 15) is 4.79 Å². The number of halogens is 1. The molecule has 0 bridgehead atoms. The van der Waals surface area contributed by atoms with E-state index in [1.54, 1.807) is 18.4 Å². The zero-order valence-electron chi connectivity index (χ0n) is 15.3. The van der Waals surface area contributed by atoms with Crippen LogP contribution in [-0.2, 0) is 9.53 Å². The van der Waals surface area contributed by atoms with Gasteiger partial charge in [-0.2, -0.15) is 0 Å². The first kappa shape index (κ1) is 19.3. The van der Waals surface area contributed by atoms with Gasteiger partial charge in [-0.15, -0.1) is 11.3 Å². The van der Waals surface area contributed by atoms with Crippen LogP contribution in [0.15, 0.2) is 24.3 Å². The third-order valence-corrected chi connectivity index (χ3v) is 6.27. The van der Waals surface area contributed by atoms with Crippen molar-refractivity contribution >= 4 is 28.8 Å². The van der Waals surface area contributed by atoms with Gasteiger partial charge in [-0.1, -0.05) is 23.7 Å². The summed E-state index contributed by atoms with van der Waals surface area (Å²) < 4.78 is 5.61. The number of hydrogen-bond donors (Lipinski definition) is 2. The molecule has 0 radical (unpaired) electrons. The third-order valence-electron chi connectivity index (χ3n) is 4.86. The Kier molecular flexibility index (Phi) is 5.97. The summed E-state index contributed by atoms with van der Waals surface area (Å²) in [5.41, 5.74) is 1.22. The lowest BCUT2D eigenvalue weighted by Crippen LogP contribution is -2.54. The highest BCUT2D eigenvalue weighted by atomic mass is 35.5. The summed E-state index contributed by atoms with van der Waals surface area (Å²) in [7, 11) is 1.61. The first-order valence-electron chi connectivity index (χ1n) is 8.75. The average molecular weight is 394 g/mol. The van der Waals surface area contributed by atoms with Crippen LogP contribution in [0.1, 0.15) is 35.7 Å². The maximum atomic E-state index is 12.8. The average Bonchev–Trinajstić information content (AvgIpc) is 3.04. The first-order valence-corrected chi connectivity index (χ1v) is 9.95. The van der Waals surface area contributed by atoms with Crippen LogP contribution in [0, 0.1) is 6.92 Å². The molecule has 0 saturated carbocycles. The number of rotatable bonds is 5. The molecule has 0 spiro atoms. The minimum atomic E-state index is -0.745. The molecule has 1 aromatic heterocycles. The van der Waals surface area contributed by atoms with Crippen molar-refractivity contribution in [2.45, 2.75) is 38.3 Å². The van der Waals surface area contributed by atoms with Crippen LogP contribution in [0.25, 0.3) is 11.3 Å². The molecular formula is C19H24ClN3O2S. The number of carbonyl (C=O) groups excluding carboxylic acids is 1. The molecule has 1 aromatic carbocycles. The van der Waals surface area contributed by atoms with E-state index < -0.39 is 5.60 Å². The van der Waals surface area contributed by atoms with Gasteiger partial charge in [0.25, 0.3) is 5.91 Å². The van der Waals surface area contributed by atoms with Gasteiger partial charge in [0.05, 0.1) is 11.7 Å². The number of benzene rings is 1. The van der Waals surface area contributed by atoms with Crippen LogP contribution in [-0.4, -0.2) is 36.7 Å². The van der Waals surface area contributed by atoms with Crippen LogP contribution in [0.4, 0.5) is 0 Å². The third kappa shape index (κ3) is 3.93. The molecule has 1 unspecified atom stereocenters. The summed E-state index contributed by atoms with van der Waals surface area (Å²) in [6.45, 7) is 5.58. The maximum Gasteiger partial charge on any atom is 0.252 e. The topological polar surface area (TPSA) is 63.2 Å². The van der Waals surface area contributed by atoms with E-state index in [0.717, 1.165) is 34.2 Å². The fourth-order valence-electron chi connectivity index (χ4n) is 3.22. The van der Waals surface area contributed by atoms with E-state index in [-0.39, 0.29) is 11.9 Å². The monoisotopic (exact) mass is 393 g/mol. The van der Waals surface area contributed by atoms with Crippen LogP contribution in [0.3, 0.4) is 0 Å². The molecule has 2 N–H and O–H groups in total. The van der Waals surface area contributed by atoms with Crippen molar-refractivity contribution in [3.63, 3.8) is 0 Å². The molecule has 1 amide bonds. The second-order valence-electron chi connectivity index (χ2n) is 6.61. The fraction of sp³-hybridized carbons (Fsp3) is 0.474. The molecule has 2 heterocycles. The van der Waals surface area contributed by atoms with Crippen molar-refractivity contribution in [2.75, 3.05) is 20.2 Å². The quantitative estimate of drug-likeness (QED) is 0.812. The summed E-state index contributed by atoms with van der Waals surface area (Å²) in [4.78, 5) is 18.7. The lowest BCUT2D eigenvalue weighted by Gasteiger charge is -2.35. The number of nitrogens with zero attached hydrogens (tertiary/aromatic N) is 1. The van der Waals surface area contributed by atoms with E-state index in [1.807, 2.05) is 38.1 Å². The Hall–Kier alpha value is -1.47. The van der Waals surface area contributed by atoms with Gasteiger partial charge in [-0.3, -0.25) is 4.79 Å². The summed E-state index contributed by atoms with van der Waals surface area (Å²) >= 11 is 7.58. The van der Waals surface area contributed by atoms with Crippen molar-refractivity contribution in [3.05, 3.63) is 39.2 Å².